The molecule has 1 aromatic heterocycles. The summed E-state index contributed by atoms with van der Waals surface area (Å²) < 4.78 is 10.5. The molecule has 1 amide bonds. The molecule has 0 unspecified atom stereocenters. The molecule has 0 saturated carbocycles. The summed E-state index contributed by atoms with van der Waals surface area (Å²) in [5.74, 6) is 0.984. The third-order valence-electron chi connectivity index (χ3n) is 3.24. The van der Waals surface area contributed by atoms with Gasteiger partial charge in [0.15, 0.2) is 6.61 Å². The van der Waals surface area contributed by atoms with Crippen LogP contribution >= 0.6 is 0 Å². The topological polar surface area (TPSA) is 68.5 Å². The first-order chi connectivity index (χ1) is 10.5. The molecule has 1 heterocycles. The number of fused-ring (bicyclic) bond motifs is 1. The molecule has 1 aromatic carbocycles. The van der Waals surface area contributed by atoms with Crippen molar-refractivity contribution in [2.75, 3.05) is 13.2 Å². The van der Waals surface area contributed by atoms with Gasteiger partial charge in [0.25, 0.3) is 5.91 Å². The van der Waals surface area contributed by atoms with Crippen molar-refractivity contribution in [2.45, 2.75) is 26.7 Å². The number of benzene rings is 1. The fourth-order valence-corrected chi connectivity index (χ4v) is 2.07. The van der Waals surface area contributed by atoms with E-state index in [4.69, 9.17) is 9.15 Å². The molecule has 118 valence electrons. The van der Waals surface area contributed by atoms with E-state index in [1.165, 1.54) is 6.07 Å². The summed E-state index contributed by atoms with van der Waals surface area (Å²) in [7, 11) is 0. The van der Waals surface area contributed by atoms with Gasteiger partial charge in [-0.05, 0) is 37.0 Å². The van der Waals surface area contributed by atoms with Crippen LogP contribution in [0, 0.1) is 5.92 Å². The van der Waals surface area contributed by atoms with Gasteiger partial charge < -0.3 is 14.5 Å². The van der Waals surface area contributed by atoms with Crippen molar-refractivity contribution in [1.82, 2.24) is 5.32 Å². The van der Waals surface area contributed by atoms with Gasteiger partial charge in [0, 0.05) is 24.1 Å². The molecule has 2 aromatic rings. The van der Waals surface area contributed by atoms with E-state index in [0.29, 0.717) is 23.8 Å². The Balaban J connectivity index is 1.83. The SMILES string of the molecule is CC(C)CCCNC(=O)COc1ccc2ccc(=O)oc2c1. The first-order valence-electron chi connectivity index (χ1n) is 7.48. The van der Waals surface area contributed by atoms with Crippen LogP contribution in [-0.2, 0) is 4.79 Å². The minimum Gasteiger partial charge on any atom is -0.484 e. The van der Waals surface area contributed by atoms with Gasteiger partial charge in [0.1, 0.15) is 11.3 Å². The number of carbonyl (C=O) groups is 1. The van der Waals surface area contributed by atoms with Crippen LogP contribution in [0.3, 0.4) is 0 Å². The molecule has 0 saturated heterocycles. The highest BCUT2D eigenvalue weighted by atomic mass is 16.5. The van der Waals surface area contributed by atoms with Crippen LogP contribution < -0.4 is 15.7 Å². The van der Waals surface area contributed by atoms with Gasteiger partial charge in [-0.3, -0.25) is 4.79 Å². The first-order valence-corrected chi connectivity index (χ1v) is 7.48. The zero-order valence-electron chi connectivity index (χ0n) is 12.9. The zero-order chi connectivity index (χ0) is 15.9. The predicted molar refractivity (Wildman–Crippen MR) is 85.1 cm³/mol. The van der Waals surface area contributed by atoms with Crippen LogP contribution in [0.25, 0.3) is 11.0 Å². The second-order valence-corrected chi connectivity index (χ2v) is 5.63. The van der Waals surface area contributed by atoms with Crippen LogP contribution in [0.5, 0.6) is 5.75 Å². The van der Waals surface area contributed by atoms with Gasteiger partial charge in [-0.1, -0.05) is 13.8 Å². The van der Waals surface area contributed by atoms with Crippen LogP contribution in [-0.4, -0.2) is 19.1 Å². The molecule has 5 nitrogen and oxygen atoms in total. The average Bonchev–Trinajstić information content (AvgIpc) is 2.49. The third-order valence-corrected chi connectivity index (χ3v) is 3.24. The molecule has 0 aliphatic rings. The van der Waals surface area contributed by atoms with E-state index in [0.717, 1.165) is 18.2 Å². The Kier molecular flexibility index (Phi) is 5.58. The normalized spacial score (nSPS) is 10.9. The van der Waals surface area contributed by atoms with Gasteiger partial charge in [-0.15, -0.1) is 0 Å². The molecule has 0 radical (unpaired) electrons. The average molecular weight is 303 g/mol. The van der Waals surface area contributed by atoms with Gasteiger partial charge in [-0.25, -0.2) is 4.79 Å². The van der Waals surface area contributed by atoms with Crippen molar-refractivity contribution in [3.05, 3.63) is 40.8 Å². The summed E-state index contributed by atoms with van der Waals surface area (Å²) in [6, 6.07) is 8.20. The van der Waals surface area contributed by atoms with Crippen molar-refractivity contribution in [2.24, 2.45) is 5.92 Å². The van der Waals surface area contributed by atoms with Crippen molar-refractivity contribution < 1.29 is 13.9 Å². The van der Waals surface area contributed by atoms with Crippen LogP contribution in [0.15, 0.2) is 39.5 Å². The lowest BCUT2D eigenvalue weighted by atomic mass is 10.1. The van der Waals surface area contributed by atoms with Gasteiger partial charge >= 0.3 is 5.63 Å². The number of amides is 1. The van der Waals surface area contributed by atoms with Crippen molar-refractivity contribution in [1.29, 1.82) is 0 Å². The second kappa shape index (κ2) is 7.64. The third kappa shape index (κ3) is 4.91. The zero-order valence-corrected chi connectivity index (χ0v) is 12.9. The molecule has 0 aliphatic carbocycles. The summed E-state index contributed by atoms with van der Waals surface area (Å²) in [4.78, 5) is 22.9. The Morgan fingerprint density at radius 1 is 1.27 bits per heavy atom. The van der Waals surface area contributed by atoms with E-state index in [-0.39, 0.29) is 12.5 Å². The van der Waals surface area contributed by atoms with E-state index in [9.17, 15) is 9.59 Å². The molecule has 22 heavy (non-hydrogen) atoms. The standard InChI is InChI=1S/C17H21NO4/c1-12(2)4-3-9-18-16(19)11-21-14-7-5-13-6-8-17(20)22-15(13)10-14/h5-8,10,12H,3-4,9,11H2,1-2H3,(H,18,19). The Bertz CT molecular complexity index is 690. The molecular formula is C17H21NO4. The number of hydrogen-bond acceptors (Lipinski definition) is 4. The lowest BCUT2D eigenvalue weighted by molar-refractivity contribution is -0.123. The quantitative estimate of drug-likeness (QED) is 0.631. The highest BCUT2D eigenvalue weighted by Crippen LogP contribution is 2.19. The van der Waals surface area contributed by atoms with E-state index in [1.54, 1.807) is 24.3 Å². The molecule has 0 atom stereocenters. The maximum absolute atomic E-state index is 11.7. The number of carbonyl (C=O) groups excluding carboxylic acids is 1. The fourth-order valence-electron chi connectivity index (χ4n) is 2.07. The minimum absolute atomic E-state index is 0.0513. The van der Waals surface area contributed by atoms with Crippen LogP contribution in [0.4, 0.5) is 0 Å². The fraction of sp³-hybridized carbons (Fsp3) is 0.412. The predicted octanol–water partition coefficient (Wildman–Crippen LogP) is 2.72. The summed E-state index contributed by atoms with van der Waals surface area (Å²) in [5, 5.41) is 3.63. The lowest BCUT2D eigenvalue weighted by Gasteiger charge is -2.08. The molecular weight excluding hydrogens is 282 g/mol. The largest absolute Gasteiger partial charge is 0.484 e. The Morgan fingerprint density at radius 2 is 2.05 bits per heavy atom. The maximum atomic E-state index is 11.7. The lowest BCUT2D eigenvalue weighted by Crippen LogP contribution is -2.29. The Hall–Kier alpha value is -2.30. The van der Waals surface area contributed by atoms with E-state index < -0.39 is 5.63 Å². The van der Waals surface area contributed by atoms with Crippen molar-refractivity contribution in [3.8, 4) is 5.75 Å². The smallest absolute Gasteiger partial charge is 0.336 e. The summed E-state index contributed by atoms with van der Waals surface area (Å²) in [6.07, 6.45) is 2.05. The highest BCUT2D eigenvalue weighted by Gasteiger charge is 2.04. The highest BCUT2D eigenvalue weighted by molar-refractivity contribution is 5.79. The van der Waals surface area contributed by atoms with Gasteiger partial charge in [0.2, 0.25) is 0 Å². The van der Waals surface area contributed by atoms with Crippen molar-refractivity contribution >= 4 is 16.9 Å². The van der Waals surface area contributed by atoms with E-state index in [2.05, 4.69) is 19.2 Å². The van der Waals surface area contributed by atoms with Gasteiger partial charge in [0.05, 0.1) is 0 Å². The summed E-state index contributed by atoms with van der Waals surface area (Å²) in [5.41, 5.74) is 0.0369. The minimum atomic E-state index is -0.410. The Labute approximate surface area is 129 Å². The van der Waals surface area contributed by atoms with Crippen LogP contribution in [0.2, 0.25) is 0 Å². The molecule has 0 aliphatic heterocycles. The molecule has 5 heteroatoms. The van der Waals surface area contributed by atoms with E-state index in [1.807, 2.05) is 0 Å². The molecule has 2 rings (SSSR count). The molecule has 0 fully saturated rings. The Morgan fingerprint density at radius 3 is 2.82 bits per heavy atom. The number of hydrogen-bond donors (Lipinski definition) is 1. The number of nitrogens with one attached hydrogen (secondary N) is 1. The molecule has 0 bridgehead atoms. The summed E-state index contributed by atoms with van der Waals surface area (Å²) >= 11 is 0. The number of ether oxygens (including phenoxy) is 1. The molecule has 1 N–H and O–H groups in total. The second-order valence-electron chi connectivity index (χ2n) is 5.63. The summed E-state index contributed by atoms with van der Waals surface area (Å²) in [6.45, 7) is 4.92. The monoisotopic (exact) mass is 303 g/mol. The first kappa shape index (κ1) is 16.1. The maximum Gasteiger partial charge on any atom is 0.336 e. The van der Waals surface area contributed by atoms with Gasteiger partial charge in [-0.2, -0.15) is 0 Å². The number of rotatable bonds is 7. The van der Waals surface area contributed by atoms with Crippen molar-refractivity contribution in [3.63, 3.8) is 0 Å². The molecule has 0 spiro atoms. The van der Waals surface area contributed by atoms with E-state index >= 15 is 0 Å². The van der Waals surface area contributed by atoms with Crippen LogP contribution in [0.1, 0.15) is 26.7 Å².